The van der Waals surface area contributed by atoms with E-state index >= 15 is 0 Å². The molecule has 0 spiro atoms. The number of fused-ring (bicyclic) bond motifs is 6. The molecule has 0 N–H and O–H groups in total. The summed E-state index contributed by atoms with van der Waals surface area (Å²) in [7, 11) is 16.4. The fraction of sp³-hybridized carbons (Fsp3) is 0. The molecule has 0 amide bonds. The predicted octanol–water partition coefficient (Wildman–Crippen LogP) is 4.02. The molecule has 0 unspecified atom stereocenters. The van der Waals surface area contributed by atoms with Gasteiger partial charge < -0.3 is 9.13 Å². The lowest BCUT2D eigenvalue weighted by molar-refractivity contribution is 1.18. The van der Waals surface area contributed by atoms with Gasteiger partial charge in [-0.2, -0.15) is 0 Å². The van der Waals surface area contributed by atoms with Crippen LogP contribution >= 0.6 is 0 Å². The minimum absolute atomic E-state index is 1.15. The Balaban J connectivity index is 1.15. The molecular weight excluding hydrogens is 824 g/mol. The third kappa shape index (κ3) is 6.81. The molecule has 10 aromatic carbocycles. The van der Waals surface area contributed by atoms with E-state index in [-0.39, 0.29) is 0 Å². The summed E-state index contributed by atoms with van der Waals surface area (Å²) in [6, 6.07) is 73.5. The maximum Gasteiger partial charge on any atom is 0.141 e. The zero-order valence-electron chi connectivity index (χ0n) is 40.4. The normalized spacial score (nSPS) is 11.6. The molecule has 318 valence electrons. The van der Waals surface area contributed by atoms with E-state index in [0.29, 0.717) is 0 Å². The van der Waals surface area contributed by atoms with E-state index in [0.717, 1.165) is 5.69 Å². The molecule has 0 saturated heterocycles. The van der Waals surface area contributed by atoms with Crippen LogP contribution in [0.2, 0.25) is 0 Å². The van der Waals surface area contributed by atoms with E-state index in [1.54, 1.807) is 0 Å². The van der Waals surface area contributed by atoms with Crippen LogP contribution in [0.3, 0.4) is 0 Å². The summed E-state index contributed by atoms with van der Waals surface area (Å²) in [6.45, 7) is 0. The van der Waals surface area contributed by atoms with Gasteiger partial charge in [0.05, 0.1) is 11.0 Å². The number of nitrogens with zero attached hydrogens (tertiary/aromatic N) is 2. The van der Waals surface area contributed by atoms with Gasteiger partial charge in [-0.3, -0.25) is 0 Å². The Morgan fingerprint density at radius 3 is 1.36 bits per heavy atom. The molecule has 2 nitrogen and oxygen atoms in total. The van der Waals surface area contributed by atoms with Crippen LogP contribution in [0, 0.1) is 0 Å². The molecule has 69 heavy (non-hydrogen) atoms. The van der Waals surface area contributed by atoms with Gasteiger partial charge in [0.25, 0.3) is 0 Å². The van der Waals surface area contributed by atoms with Gasteiger partial charge in [0.2, 0.25) is 0 Å². The second kappa shape index (κ2) is 16.8. The van der Waals surface area contributed by atoms with Crippen LogP contribution in [0.25, 0.3) is 111 Å². The second-order valence-corrected chi connectivity index (χ2v) is 19.1. The van der Waals surface area contributed by atoms with Crippen molar-refractivity contribution in [1.82, 2.24) is 9.13 Å². The largest absolute Gasteiger partial charge is 0.310 e. The highest BCUT2D eigenvalue weighted by atomic mass is 15.0. The minimum Gasteiger partial charge on any atom is -0.310 e. The molecule has 0 atom stereocenters. The average Bonchev–Trinajstić information content (AvgIpc) is 3.94. The lowest BCUT2D eigenvalue weighted by Crippen LogP contribution is -2.48. The van der Waals surface area contributed by atoms with Crippen LogP contribution in [0.4, 0.5) is 0 Å². The van der Waals surface area contributed by atoms with Crippen LogP contribution in [-0.4, -0.2) is 64.1 Å². The Hall–Kier alpha value is -7.75. The highest BCUT2D eigenvalue weighted by molar-refractivity contribution is 6.69. The highest BCUT2D eigenvalue weighted by Crippen LogP contribution is 2.41. The molecule has 12 rings (SSSR count). The molecule has 0 aliphatic rings. The van der Waals surface area contributed by atoms with Crippen molar-refractivity contribution in [2.24, 2.45) is 0 Å². The van der Waals surface area contributed by atoms with Crippen molar-refractivity contribution < 1.29 is 0 Å². The Labute approximate surface area is 410 Å². The molecule has 12 aromatic rings. The number of hydrogen-bond acceptors (Lipinski definition) is 0. The molecule has 2 heterocycles. The minimum atomic E-state index is 1.15. The van der Waals surface area contributed by atoms with Gasteiger partial charge in [-0.05, 0) is 110 Å². The Morgan fingerprint density at radius 2 is 0.754 bits per heavy atom. The molecule has 0 saturated carbocycles. The molecular formula is C60H47B7N2. The zero-order valence-corrected chi connectivity index (χ0v) is 40.4. The Morgan fingerprint density at radius 1 is 0.261 bits per heavy atom. The SMILES string of the molecule is Bc1c(B)c(B)c2c(c1B)c1c(B)c(-c3ccc4c(c3)c3c(-c5ccccc5)cccc3n4-c3cccc(-c4ccccc4)c3)c(B)c(B)c1n2-c1cc(-c2ccccc2)cc(-c2ccccc2)c1. The van der Waals surface area contributed by atoms with E-state index in [4.69, 9.17) is 0 Å². The molecule has 0 aliphatic carbocycles. The summed E-state index contributed by atoms with van der Waals surface area (Å²) >= 11 is 0. The second-order valence-electron chi connectivity index (χ2n) is 19.1. The van der Waals surface area contributed by atoms with Gasteiger partial charge in [-0.15, -0.1) is 5.46 Å². The summed E-state index contributed by atoms with van der Waals surface area (Å²) in [5.41, 5.74) is 28.8. The van der Waals surface area contributed by atoms with Gasteiger partial charge in [-0.1, -0.05) is 184 Å². The molecule has 0 bridgehead atoms. The van der Waals surface area contributed by atoms with E-state index in [9.17, 15) is 0 Å². The fourth-order valence-electron chi connectivity index (χ4n) is 11.6. The first-order chi connectivity index (χ1) is 33.7. The van der Waals surface area contributed by atoms with Crippen molar-refractivity contribution >= 4 is 137 Å². The highest BCUT2D eigenvalue weighted by Gasteiger charge is 2.26. The van der Waals surface area contributed by atoms with E-state index in [1.807, 2.05) is 0 Å². The third-order valence-electron chi connectivity index (χ3n) is 15.4. The summed E-state index contributed by atoms with van der Waals surface area (Å²) < 4.78 is 5.09. The lowest BCUT2D eigenvalue weighted by atomic mass is 9.64. The van der Waals surface area contributed by atoms with Crippen molar-refractivity contribution in [3.8, 4) is 67.0 Å². The Kier molecular flexibility index (Phi) is 10.4. The summed E-state index contributed by atoms with van der Waals surface area (Å²) in [5, 5.41) is 5.20. The van der Waals surface area contributed by atoms with Crippen molar-refractivity contribution in [2.75, 3.05) is 0 Å². The fourth-order valence-corrected chi connectivity index (χ4v) is 11.6. The molecule has 2 aromatic heterocycles. The first-order valence-electron chi connectivity index (χ1n) is 24.3. The van der Waals surface area contributed by atoms with Crippen LogP contribution in [0.15, 0.2) is 200 Å². The van der Waals surface area contributed by atoms with Crippen LogP contribution in [-0.2, 0) is 0 Å². The van der Waals surface area contributed by atoms with E-state index in [1.165, 1.54) is 143 Å². The first-order valence-corrected chi connectivity index (χ1v) is 24.3. The van der Waals surface area contributed by atoms with Crippen molar-refractivity contribution in [1.29, 1.82) is 0 Å². The standard InChI is InChI=1S/C60H47B7N2/c61-52-48(39-27-28-46-45(33-39)49-44(37-21-11-4-12-22-37)25-14-26-47(49)68(46)42-24-13-23-38(30-42)34-15-5-1-6-16-34)53(62)57(66)59-50(52)51-54(63)55(64)56(65)58(67)60(51)69(59)43-31-40(35-17-7-2-8-18-35)29-41(32-43)36-19-9-3-10-20-36/h1-33H,61-67H2. The number of rotatable bonds is 7. The first kappa shape index (κ1) is 42.6. The monoisotopic (exact) mass is 872 g/mol. The van der Waals surface area contributed by atoms with Crippen LogP contribution < -0.4 is 38.2 Å². The summed E-state index contributed by atoms with van der Waals surface area (Å²) in [6.07, 6.45) is 0. The molecule has 0 aliphatic heterocycles. The maximum absolute atomic E-state index is 2.62. The van der Waals surface area contributed by atoms with E-state index < -0.39 is 0 Å². The smallest absolute Gasteiger partial charge is 0.141 e. The van der Waals surface area contributed by atoms with Crippen LogP contribution in [0.5, 0.6) is 0 Å². The van der Waals surface area contributed by atoms with Crippen LogP contribution in [0.1, 0.15) is 0 Å². The zero-order chi connectivity index (χ0) is 47.1. The van der Waals surface area contributed by atoms with Crippen molar-refractivity contribution in [3.63, 3.8) is 0 Å². The van der Waals surface area contributed by atoms with Crippen molar-refractivity contribution in [2.45, 2.75) is 0 Å². The summed E-state index contributed by atoms with van der Waals surface area (Å²) in [4.78, 5) is 0. The molecule has 9 heteroatoms. The quantitative estimate of drug-likeness (QED) is 0.215. The lowest BCUT2D eigenvalue weighted by Gasteiger charge is -2.20. The van der Waals surface area contributed by atoms with Gasteiger partial charge >= 0.3 is 0 Å². The number of benzene rings is 10. The number of aromatic nitrogens is 2. The van der Waals surface area contributed by atoms with Crippen molar-refractivity contribution in [3.05, 3.63) is 200 Å². The Bertz CT molecular complexity index is 3960. The molecule has 0 fully saturated rings. The number of hydrogen-bond donors (Lipinski definition) is 0. The topological polar surface area (TPSA) is 9.86 Å². The maximum atomic E-state index is 2.62. The van der Waals surface area contributed by atoms with Gasteiger partial charge in [0.15, 0.2) is 0 Å². The van der Waals surface area contributed by atoms with Gasteiger partial charge in [-0.25, -0.2) is 0 Å². The average molecular weight is 872 g/mol. The predicted molar refractivity (Wildman–Crippen MR) is 320 cm³/mol. The third-order valence-corrected chi connectivity index (χ3v) is 15.4. The summed E-state index contributed by atoms with van der Waals surface area (Å²) in [5.74, 6) is 0. The molecule has 0 radical (unpaired) electrons. The van der Waals surface area contributed by atoms with Gasteiger partial charge in [0, 0.05) is 38.6 Å². The van der Waals surface area contributed by atoms with Gasteiger partial charge in [0.1, 0.15) is 54.9 Å². The van der Waals surface area contributed by atoms with E-state index in [2.05, 4.69) is 264 Å².